The molecule has 0 saturated carbocycles. The van der Waals surface area contributed by atoms with E-state index in [4.69, 9.17) is 4.74 Å². The summed E-state index contributed by atoms with van der Waals surface area (Å²) in [6.07, 6.45) is 1.06. The van der Waals surface area contributed by atoms with Crippen LogP contribution in [-0.2, 0) is 16.0 Å². The van der Waals surface area contributed by atoms with Gasteiger partial charge in [-0.15, -0.1) is 0 Å². The van der Waals surface area contributed by atoms with Gasteiger partial charge in [-0.3, -0.25) is 9.59 Å². The molecule has 1 amide bonds. The number of amides is 1. The Bertz CT molecular complexity index is 431. The van der Waals surface area contributed by atoms with Crippen LogP contribution < -0.4 is 4.74 Å². The normalized spacial score (nSPS) is 10.0. The fourth-order valence-electron chi connectivity index (χ4n) is 2.00. The number of methoxy groups -OCH3 is 1. The number of aldehydes is 1. The van der Waals surface area contributed by atoms with Gasteiger partial charge < -0.3 is 9.64 Å². The van der Waals surface area contributed by atoms with E-state index in [1.807, 2.05) is 26.0 Å². The number of hydrogen-bond acceptors (Lipinski definition) is 3. The molecule has 1 rings (SSSR count). The summed E-state index contributed by atoms with van der Waals surface area (Å²) in [7, 11) is 3.28. The summed E-state index contributed by atoms with van der Waals surface area (Å²) in [5.74, 6) is 0.410. The topological polar surface area (TPSA) is 46.6 Å². The van der Waals surface area contributed by atoms with Crippen molar-refractivity contribution in [3.8, 4) is 5.75 Å². The lowest BCUT2D eigenvalue weighted by Gasteiger charge is -2.15. The third-order valence-corrected chi connectivity index (χ3v) is 2.94. The molecule has 0 fully saturated rings. The number of carbonyl (C=O) groups is 2. The Balaban J connectivity index is 2.75. The lowest BCUT2D eigenvalue weighted by Crippen LogP contribution is -2.29. The number of carbonyl (C=O) groups excluding carboxylic acids is 2. The van der Waals surface area contributed by atoms with Crippen LogP contribution in [0, 0.1) is 13.8 Å². The van der Waals surface area contributed by atoms with Gasteiger partial charge in [0.2, 0.25) is 6.29 Å². The van der Waals surface area contributed by atoms with Crippen molar-refractivity contribution in [1.82, 2.24) is 4.90 Å². The number of nitrogens with zero attached hydrogens (tertiary/aromatic N) is 1. The fourth-order valence-corrected chi connectivity index (χ4v) is 2.00. The van der Waals surface area contributed by atoms with Gasteiger partial charge >= 0.3 is 0 Å². The average Bonchev–Trinajstić information content (AvgIpc) is 2.34. The summed E-state index contributed by atoms with van der Waals surface area (Å²) >= 11 is 0. The van der Waals surface area contributed by atoms with Crippen LogP contribution >= 0.6 is 0 Å². The second-order valence-electron chi connectivity index (χ2n) is 4.39. The van der Waals surface area contributed by atoms with Crippen molar-refractivity contribution in [3.05, 3.63) is 28.8 Å². The van der Waals surface area contributed by atoms with Gasteiger partial charge in [-0.2, -0.15) is 0 Å². The lowest BCUT2D eigenvalue weighted by atomic mass is 10.0. The summed E-state index contributed by atoms with van der Waals surface area (Å²) in [6.45, 7) is 4.52. The number of likely N-dealkylation sites (N-methyl/N-ethyl adjacent to an activating group) is 1. The highest BCUT2D eigenvalue weighted by atomic mass is 16.5. The Kier molecular flexibility index (Phi) is 4.89. The van der Waals surface area contributed by atoms with Crippen LogP contribution in [0.4, 0.5) is 0 Å². The quantitative estimate of drug-likeness (QED) is 0.587. The van der Waals surface area contributed by atoms with Gasteiger partial charge in [0.05, 0.1) is 7.11 Å². The summed E-state index contributed by atoms with van der Waals surface area (Å²) in [4.78, 5) is 22.9. The number of hydrogen-bond donors (Lipinski definition) is 0. The fraction of sp³-hybridized carbons (Fsp3) is 0.429. The minimum atomic E-state index is -0.489. The first-order valence-electron chi connectivity index (χ1n) is 5.84. The van der Waals surface area contributed by atoms with Crippen molar-refractivity contribution in [1.29, 1.82) is 0 Å². The molecule has 0 radical (unpaired) electrons. The minimum Gasteiger partial charge on any atom is -0.496 e. The smallest absolute Gasteiger partial charge is 0.286 e. The van der Waals surface area contributed by atoms with Crippen LogP contribution in [0.25, 0.3) is 0 Å². The van der Waals surface area contributed by atoms with Gasteiger partial charge in [0.25, 0.3) is 5.91 Å². The molecular formula is C14H19NO3. The standard InChI is InChI=1S/C14H19NO3/c1-10-7-12(8-11(2)14(10)18-4)5-6-15(3)13(17)9-16/h7-9H,5-6H2,1-4H3. The number of benzene rings is 1. The Hall–Kier alpha value is -1.84. The molecule has 1 aromatic rings. The van der Waals surface area contributed by atoms with E-state index in [9.17, 15) is 9.59 Å². The van der Waals surface area contributed by atoms with Gasteiger partial charge in [0.1, 0.15) is 5.75 Å². The Morgan fingerprint density at radius 3 is 2.33 bits per heavy atom. The highest BCUT2D eigenvalue weighted by Gasteiger charge is 2.09. The molecule has 98 valence electrons. The maximum atomic E-state index is 11.1. The molecule has 0 spiro atoms. The van der Waals surface area contributed by atoms with Gasteiger partial charge in [0.15, 0.2) is 0 Å². The van der Waals surface area contributed by atoms with Gasteiger partial charge in [0, 0.05) is 13.6 Å². The molecule has 18 heavy (non-hydrogen) atoms. The van der Waals surface area contributed by atoms with Crippen molar-refractivity contribution in [3.63, 3.8) is 0 Å². The SMILES string of the molecule is COc1c(C)cc(CCN(C)C(=O)C=O)cc1C. The first kappa shape index (κ1) is 14.2. The highest BCUT2D eigenvalue weighted by Crippen LogP contribution is 2.24. The Morgan fingerprint density at radius 2 is 1.89 bits per heavy atom. The molecule has 0 unspecified atom stereocenters. The van der Waals surface area contributed by atoms with E-state index in [1.165, 1.54) is 4.90 Å². The summed E-state index contributed by atoms with van der Waals surface area (Å²) in [6, 6.07) is 4.09. The van der Waals surface area contributed by atoms with Crippen molar-refractivity contribution in [2.75, 3.05) is 20.7 Å². The van der Waals surface area contributed by atoms with Crippen LogP contribution in [0.15, 0.2) is 12.1 Å². The largest absolute Gasteiger partial charge is 0.496 e. The first-order chi connectivity index (χ1) is 8.49. The zero-order chi connectivity index (χ0) is 13.7. The second kappa shape index (κ2) is 6.19. The maximum Gasteiger partial charge on any atom is 0.286 e. The molecular weight excluding hydrogens is 230 g/mol. The van der Waals surface area contributed by atoms with Crippen LogP contribution in [0.3, 0.4) is 0 Å². The van der Waals surface area contributed by atoms with Crippen LogP contribution in [0.1, 0.15) is 16.7 Å². The molecule has 0 N–H and O–H groups in total. The molecule has 4 heteroatoms. The molecule has 0 aliphatic carbocycles. The van der Waals surface area contributed by atoms with Crippen LogP contribution in [0.5, 0.6) is 5.75 Å². The van der Waals surface area contributed by atoms with E-state index in [0.29, 0.717) is 12.8 Å². The molecule has 0 bridgehead atoms. The van der Waals surface area contributed by atoms with Crippen molar-refractivity contribution < 1.29 is 14.3 Å². The number of ether oxygens (including phenoxy) is 1. The van der Waals surface area contributed by atoms with Gasteiger partial charge in [-0.25, -0.2) is 0 Å². The van der Waals surface area contributed by atoms with E-state index in [-0.39, 0.29) is 0 Å². The van der Waals surface area contributed by atoms with Crippen LogP contribution in [0.2, 0.25) is 0 Å². The molecule has 0 aliphatic rings. The third kappa shape index (κ3) is 3.32. The number of aryl methyl sites for hydroxylation is 2. The zero-order valence-electron chi connectivity index (χ0n) is 11.3. The van der Waals surface area contributed by atoms with Gasteiger partial charge in [-0.1, -0.05) is 12.1 Å². The average molecular weight is 249 g/mol. The van der Waals surface area contributed by atoms with Crippen molar-refractivity contribution >= 4 is 12.2 Å². The van der Waals surface area contributed by atoms with Gasteiger partial charge in [-0.05, 0) is 37.0 Å². The summed E-state index contributed by atoms with van der Waals surface area (Å²) in [5.41, 5.74) is 3.30. The van der Waals surface area contributed by atoms with E-state index >= 15 is 0 Å². The lowest BCUT2D eigenvalue weighted by molar-refractivity contribution is -0.137. The van der Waals surface area contributed by atoms with Crippen LogP contribution in [-0.4, -0.2) is 37.8 Å². The van der Waals surface area contributed by atoms with E-state index in [2.05, 4.69) is 0 Å². The van der Waals surface area contributed by atoms with E-state index < -0.39 is 5.91 Å². The van der Waals surface area contributed by atoms with Crippen molar-refractivity contribution in [2.24, 2.45) is 0 Å². The molecule has 4 nitrogen and oxygen atoms in total. The minimum absolute atomic E-state index is 0.338. The summed E-state index contributed by atoms with van der Waals surface area (Å²) in [5, 5.41) is 0. The molecule has 0 aromatic heterocycles. The Labute approximate surface area is 108 Å². The molecule has 0 atom stereocenters. The zero-order valence-corrected chi connectivity index (χ0v) is 11.3. The monoisotopic (exact) mass is 249 g/mol. The predicted molar refractivity (Wildman–Crippen MR) is 69.9 cm³/mol. The van der Waals surface area contributed by atoms with E-state index in [0.717, 1.165) is 28.9 Å². The molecule has 0 heterocycles. The first-order valence-corrected chi connectivity index (χ1v) is 5.84. The summed E-state index contributed by atoms with van der Waals surface area (Å²) < 4.78 is 5.30. The van der Waals surface area contributed by atoms with Crippen molar-refractivity contribution in [2.45, 2.75) is 20.3 Å². The number of rotatable bonds is 5. The van der Waals surface area contributed by atoms with E-state index in [1.54, 1.807) is 14.2 Å². The molecule has 0 saturated heterocycles. The predicted octanol–water partition coefficient (Wildman–Crippen LogP) is 1.51. The molecule has 1 aromatic carbocycles. The highest BCUT2D eigenvalue weighted by molar-refractivity contribution is 6.23. The molecule has 0 aliphatic heterocycles. The second-order valence-corrected chi connectivity index (χ2v) is 4.39. The maximum absolute atomic E-state index is 11.1. The Morgan fingerprint density at radius 1 is 1.33 bits per heavy atom. The third-order valence-electron chi connectivity index (χ3n) is 2.94.